The van der Waals surface area contributed by atoms with Gasteiger partial charge in [0.2, 0.25) is 0 Å². The molecule has 0 aromatic carbocycles. The molecule has 0 saturated carbocycles. The van der Waals surface area contributed by atoms with E-state index in [1.54, 1.807) is 0 Å². The monoisotopic (exact) mass is 214 g/mol. The van der Waals surface area contributed by atoms with E-state index in [0.717, 1.165) is 25.6 Å². The topological polar surface area (TPSA) is 29.3 Å². The summed E-state index contributed by atoms with van der Waals surface area (Å²) in [4.78, 5) is 2.55. The zero-order valence-corrected chi connectivity index (χ0v) is 11.3. The molecule has 0 bridgehead atoms. The highest BCUT2D eigenvalue weighted by atomic mass is 15.1. The van der Waals surface area contributed by atoms with Gasteiger partial charge in [-0.05, 0) is 37.3 Å². The summed E-state index contributed by atoms with van der Waals surface area (Å²) in [5.41, 5.74) is 6.27. The largest absolute Gasteiger partial charge is 0.330 e. The minimum Gasteiger partial charge on any atom is -0.330 e. The Balaban J connectivity index is 4.34. The van der Waals surface area contributed by atoms with E-state index >= 15 is 0 Å². The highest BCUT2D eigenvalue weighted by Crippen LogP contribution is 2.26. The predicted octanol–water partition coefficient (Wildman–Crippen LogP) is 2.73. The average molecular weight is 214 g/mol. The summed E-state index contributed by atoms with van der Waals surface area (Å²) in [6.45, 7) is 15.6. The van der Waals surface area contributed by atoms with Crippen molar-refractivity contribution in [1.82, 2.24) is 4.90 Å². The number of hydrogen-bond donors (Lipinski definition) is 1. The van der Waals surface area contributed by atoms with Crippen molar-refractivity contribution in [3.8, 4) is 0 Å². The summed E-state index contributed by atoms with van der Waals surface area (Å²) in [7, 11) is 0. The van der Waals surface area contributed by atoms with Crippen molar-refractivity contribution < 1.29 is 0 Å². The third kappa shape index (κ3) is 4.98. The van der Waals surface area contributed by atoms with Gasteiger partial charge in [0.25, 0.3) is 0 Å². The smallest absolute Gasteiger partial charge is 0.00498 e. The van der Waals surface area contributed by atoms with Gasteiger partial charge in [0.1, 0.15) is 0 Å². The Labute approximate surface area is 96.2 Å². The molecule has 2 heteroatoms. The second-order valence-electron chi connectivity index (χ2n) is 5.13. The van der Waals surface area contributed by atoms with Crippen molar-refractivity contribution in [2.45, 2.75) is 47.5 Å². The summed E-state index contributed by atoms with van der Waals surface area (Å²) in [5.74, 6) is 0.745. The molecule has 0 aliphatic carbocycles. The fourth-order valence-electron chi connectivity index (χ4n) is 2.12. The lowest BCUT2D eigenvalue weighted by atomic mass is 9.81. The summed E-state index contributed by atoms with van der Waals surface area (Å²) in [6, 6.07) is 0. The zero-order chi connectivity index (χ0) is 11.9. The minimum atomic E-state index is 0.338. The van der Waals surface area contributed by atoms with Gasteiger partial charge in [-0.1, -0.05) is 34.6 Å². The molecule has 0 unspecified atom stereocenters. The molecule has 0 rings (SSSR count). The molecule has 2 nitrogen and oxygen atoms in total. The van der Waals surface area contributed by atoms with Crippen LogP contribution in [-0.4, -0.2) is 31.1 Å². The van der Waals surface area contributed by atoms with Gasteiger partial charge in [-0.15, -0.1) is 0 Å². The van der Waals surface area contributed by atoms with Crippen LogP contribution in [0.2, 0.25) is 0 Å². The predicted molar refractivity (Wildman–Crippen MR) is 69.0 cm³/mol. The Hall–Kier alpha value is -0.0800. The van der Waals surface area contributed by atoms with Crippen LogP contribution in [0.1, 0.15) is 47.5 Å². The Bertz CT molecular complexity index is 142. The molecule has 0 aliphatic heterocycles. The molecular weight excluding hydrogens is 184 g/mol. The van der Waals surface area contributed by atoms with E-state index < -0.39 is 0 Å². The maximum absolute atomic E-state index is 5.94. The second kappa shape index (κ2) is 7.24. The molecule has 0 spiro atoms. The van der Waals surface area contributed by atoms with Crippen LogP contribution in [-0.2, 0) is 0 Å². The van der Waals surface area contributed by atoms with Crippen LogP contribution in [0, 0.1) is 11.3 Å². The van der Waals surface area contributed by atoms with E-state index in [0.29, 0.717) is 5.41 Å². The van der Waals surface area contributed by atoms with Crippen LogP contribution in [0.5, 0.6) is 0 Å². The SMILES string of the molecule is CCN(CC(C)C)CC(CC)(CC)CN. The third-order valence-corrected chi connectivity index (χ3v) is 3.56. The van der Waals surface area contributed by atoms with E-state index in [1.807, 2.05) is 0 Å². The number of hydrogen-bond acceptors (Lipinski definition) is 2. The Morgan fingerprint density at radius 3 is 1.93 bits per heavy atom. The normalized spacial score (nSPS) is 12.8. The van der Waals surface area contributed by atoms with Crippen molar-refractivity contribution in [2.75, 3.05) is 26.2 Å². The quantitative estimate of drug-likeness (QED) is 0.673. The van der Waals surface area contributed by atoms with Crippen LogP contribution >= 0.6 is 0 Å². The molecule has 0 aromatic rings. The summed E-state index contributed by atoms with van der Waals surface area (Å²) >= 11 is 0. The van der Waals surface area contributed by atoms with Crippen LogP contribution in [0.4, 0.5) is 0 Å². The molecule has 0 fully saturated rings. The van der Waals surface area contributed by atoms with Crippen molar-refractivity contribution in [2.24, 2.45) is 17.1 Å². The van der Waals surface area contributed by atoms with Crippen LogP contribution in [0.3, 0.4) is 0 Å². The van der Waals surface area contributed by atoms with E-state index in [4.69, 9.17) is 5.73 Å². The Morgan fingerprint density at radius 2 is 1.67 bits per heavy atom. The molecule has 15 heavy (non-hydrogen) atoms. The highest BCUT2D eigenvalue weighted by molar-refractivity contribution is 4.81. The summed E-state index contributed by atoms with van der Waals surface area (Å²) in [5, 5.41) is 0. The van der Waals surface area contributed by atoms with Crippen LogP contribution < -0.4 is 5.73 Å². The number of nitrogens with zero attached hydrogens (tertiary/aromatic N) is 1. The minimum absolute atomic E-state index is 0.338. The lowest BCUT2D eigenvalue weighted by molar-refractivity contribution is 0.137. The standard InChI is InChI=1S/C13H30N2/c1-6-13(7-2,10-14)11-15(8-3)9-12(4)5/h12H,6-11,14H2,1-5H3. The van der Waals surface area contributed by atoms with E-state index in [2.05, 4.69) is 39.5 Å². The summed E-state index contributed by atoms with van der Waals surface area (Å²) in [6.07, 6.45) is 2.38. The molecule has 2 N–H and O–H groups in total. The van der Waals surface area contributed by atoms with Gasteiger partial charge in [0.05, 0.1) is 0 Å². The summed E-state index contributed by atoms with van der Waals surface area (Å²) < 4.78 is 0. The maximum atomic E-state index is 5.94. The molecule has 0 atom stereocenters. The van der Waals surface area contributed by atoms with Crippen molar-refractivity contribution in [3.63, 3.8) is 0 Å². The fourth-order valence-corrected chi connectivity index (χ4v) is 2.12. The average Bonchev–Trinajstić information content (AvgIpc) is 2.24. The van der Waals surface area contributed by atoms with Crippen molar-refractivity contribution in [1.29, 1.82) is 0 Å². The molecule has 0 aliphatic rings. The lowest BCUT2D eigenvalue weighted by Gasteiger charge is -2.36. The molecule has 0 heterocycles. The first kappa shape index (κ1) is 14.9. The van der Waals surface area contributed by atoms with E-state index in [9.17, 15) is 0 Å². The molecule has 0 radical (unpaired) electrons. The molecule has 92 valence electrons. The van der Waals surface area contributed by atoms with Crippen molar-refractivity contribution >= 4 is 0 Å². The zero-order valence-electron chi connectivity index (χ0n) is 11.3. The first-order valence-electron chi connectivity index (χ1n) is 6.46. The molecule has 0 aromatic heterocycles. The van der Waals surface area contributed by atoms with Gasteiger partial charge in [0.15, 0.2) is 0 Å². The lowest BCUT2D eigenvalue weighted by Crippen LogP contribution is -2.43. The number of nitrogens with two attached hydrogens (primary N) is 1. The maximum Gasteiger partial charge on any atom is 0.00498 e. The first-order chi connectivity index (χ1) is 7.03. The second-order valence-corrected chi connectivity index (χ2v) is 5.13. The fraction of sp³-hybridized carbons (Fsp3) is 1.00. The van der Waals surface area contributed by atoms with Crippen LogP contribution in [0.25, 0.3) is 0 Å². The molecule has 0 amide bonds. The van der Waals surface area contributed by atoms with Gasteiger partial charge >= 0.3 is 0 Å². The third-order valence-electron chi connectivity index (χ3n) is 3.56. The van der Waals surface area contributed by atoms with Gasteiger partial charge < -0.3 is 10.6 Å². The van der Waals surface area contributed by atoms with Crippen LogP contribution in [0.15, 0.2) is 0 Å². The number of rotatable bonds is 8. The van der Waals surface area contributed by atoms with Gasteiger partial charge in [-0.3, -0.25) is 0 Å². The van der Waals surface area contributed by atoms with E-state index in [-0.39, 0.29) is 0 Å². The van der Waals surface area contributed by atoms with Gasteiger partial charge in [-0.25, -0.2) is 0 Å². The van der Waals surface area contributed by atoms with Gasteiger partial charge in [0, 0.05) is 13.1 Å². The van der Waals surface area contributed by atoms with Crippen molar-refractivity contribution in [3.05, 3.63) is 0 Å². The Morgan fingerprint density at radius 1 is 1.13 bits per heavy atom. The Kier molecular flexibility index (Phi) is 7.20. The molecule has 0 saturated heterocycles. The first-order valence-corrected chi connectivity index (χ1v) is 6.46. The van der Waals surface area contributed by atoms with Gasteiger partial charge in [-0.2, -0.15) is 0 Å². The highest BCUT2D eigenvalue weighted by Gasteiger charge is 2.26. The molecular formula is C13H30N2. The van der Waals surface area contributed by atoms with E-state index in [1.165, 1.54) is 19.4 Å².